The normalized spacial score (nSPS) is 14.7. The van der Waals surface area contributed by atoms with Crippen LogP contribution in [-0.4, -0.2) is 47.0 Å². The summed E-state index contributed by atoms with van der Waals surface area (Å²) in [6.07, 6.45) is 3.03. The van der Waals surface area contributed by atoms with Crippen LogP contribution in [0.1, 0.15) is 10.4 Å². The number of nitrogens with two attached hydrogens (primary N) is 1. The molecule has 2 N–H and O–H groups in total. The highest BCUT2D eigenvalue weighted by atomic mass is 19.1. The lowest BCUT2D eigenvalue weighted by atomic mass is 10.2. The number of piperazine rings is 1. The van der Waals surface area contributed by atoms with Crippen LogP contribution in [0, 0.1) is 5.82 Å². The van der Waals surface area contributed by atoms with Gasteiger partial charge in [0.1, 0.15) is 29.3 Å². The number of hydrogen-bond acceptors (Lipinski definition) is 6. The second-order valence-corrected chi connectivity index (χ2v) is 6.05. The summed E-state index contributed by atoms with van der Waals surface area (Å²) in [5.74, 6) is 0.459. The Morgan fingerprint density at radius 3 is 2.42 bits per heavy atom. The van der Waals surface area contributed by atoms with Gasteiger partial charge in [-0.1, -0.05) is 6.07 Å². The fourth-order valence-electron chi connectivity index (χ4n) is 3.26. The Balaban J connectivity index is 1.59. The molecule has 3 aromatic rings. The van der Waals surface area contributed by atoms with Crippen LogP contribution in [-0.2, 0) is 0 Å². The molecule has 132 valence electrons. The van der Waals surface area contributed by atoms with Gasteiger partial charge in [0.15, 0.2) is 0 Å². The number of pyridine rings is 1. The van der Waals surface area contributed by atoms with Gasteiger partial charge in [0.2, 0.25) is 0 Å². The van der Waals surface area contributed by atoms with Crippen molar-refractivity contribution < 1.29 is 9.18 Å². The minimum Gasteiger partial charge on any atom is -0.365 e. The van der Waals surface area contributed by atoms with Crippen LogP contribution in [0.5, 0.6) is 0 Å². The largest absolute Gasteiger partial charge is 0.365 e. The summed E-state index contributed by atoms with van der Waals surface area (Å²) in [5.41, 5.74) is 6.18. The number of rotatable bonds is 3. The lowest BCUT2D eigenvalue weighted by Gasteiger charge is -2.36. The fraction of sp³-hybridized carbons (Fsp3) is 0.222. The molecule has 1 aliphatic rings. The molecule has 2 aromatic heterocycles. The van der Waals surface area contributed by atoms with Gasteiger partial charge in [-0.2, -0.15) is 0 Å². The number of para-hydroxylation sites is 1. The highest BCUT2D eigenvalue weighted by molar-refractivity contribution is 5.97. The Morgan fingerprint density at radius 1 is 0.962 bits per heavy atom. The summed E-state index contributed by atoms with van der Waals surface area (Å²) in [7, 11) is 0. The topological polar surface area (TPSA) is 88.2 Å². The summed E-state index contributed by atoms with van der Waals surface area (Å²) in [6.45, 7) is 2.63. The summed E-state index contributed by atoms with van der Waals surface area (Å²) in [4.78, 5) is 28.5. The van der Waals surface area contributed by atoms with E-state index >= 15 is 0 Å². The molecule has 0 bridgehead atoms. The first-order valence-corrected chi connectivity index (χ1v) is 8.29. The van der Waals surface area contributed by atoms with Gasteiger partial charge in [-0.05, 0) is 24.3 Å². The Morgan fingerprint density at radius 2 is 1.69 bits per heavy atom. The van der Waals surface area contributed by atoms with Gasteiger partial charge < -0.3 is 15.5 Å². The number of benzene rings is 1. The fourth-order valence-corrected chi connectivity index (χ4v) is 3.26. The maximum atomic E-state index is 14.0. The average molecular weight is 352 g/mol. The highest BCUT2D eigenvalue weighted by Crippen LogP contribution is 2.26. The van der Waals surface area contributed by atoms with Gasteiger partial charge in [0, 0.05) is 37.8 Å². The lowest BCUT2D eigenvalue weighted by molar-refractivity contribution is 0.100. The lowest BCUT2D eigenvalue weighted by Crippen LogP contribution is -2.47. The van der Waals surface area contributed by atoms with Crippen molar-refractivity contribution in [2.75, 3.05) is 36.0 Å². The molecule has 1 amide bonds. The first-order valence-electron chi connectivity index (χ1n) is 8.29. The molecule has 4 rings (SSSR count). The number of amides is 1. The van der Waals surface area contributed by atoms with E-state index in [2.05, 4.69) is 19.9 Å². The second kappa shape index (κ2) is 6.55. The van der Waals surface area contributed by atoms with Gasteiger partial charge >= 0.3 is 0 Å². The molecule has 3 heterocycles. The van der Waals surface area contributed by atoms with Crippen molar-refractivity contribution in [3.8, 4) is 0 Å². The predicted octanol–water partition coefficient (Wildman–Crippen LogP) is 1.59. The Kier molecular flexibility index (Phi) is 4.08. The molecule has 8 heteroatoms. The van der Waals surface area contributed by atoms with Gasteiger partial charge in [-0.15, -0.1) is 0 Å². The molecule has 1 fully saturated rings. The zero-order chi connectivity index (χ0) is 18.1. The molecule has 0 aliphatic carbocycles. The number of hydrogen-bond donors (Lipinski definition) is 1. The summed E-state index contributed by atoms with van der Waals surface area (Å²) in [6, 6.07) is 8.25. The molecular formula is C18H17FN6O. The van der Waals surface area contributed by atoms with Crippen molar-refractivity contribution in [3.63, 3.8) is 0 Å². The molecule has 26 heavy (non-hydrogen) atoms. The van der Waals surface area contributed by atoms with E-state index in [0.717, 1.165) is 0 Å². The standard InChI is InChI=1S/C18H17FN6O/c19-14-5-1-3-12-15(14)22-11-23-17(12)24-7-9-25(10-8-24)18-13(16(20)26)4-2-6-21-18/h1-6,11H,7-10H2,(H2,20,26). The minimum atomic E-state index is -0.493. The van der Waals surface area contributed by atoms with Crippen molar-refractivity contribution in [2.45, 2.75) is 0 Å². The molecule has 1 saturated heterocycles. The highest BCUT2D eigenvalue weighted by Gasteiger charge is 2.23. The number of carbonyl (C=O) groups is 1. The molecule has 7 nitrogen and oxygen atoms in total. The van der Waals surface area contributed by atoms with Gasteiger partial charge in [0.25, 0.3) is 5.91 Å². The molecular weight excluding hydrogens is 335 g/mol. The van der Waals surface area contributed by atoms with Crippen molar-refractivity contribution >= 4 is 28.4 Å². The summed E-state index contributed by atoms with van der Waals surface area (Å²) >= 11 is 0. The third kappa shape index (κ3) is 2.79. The van der Waals surface area contributed by atoms with E-state index < -0.39 is 5.91 Å². The minimum absolute atomic E-state index is 0.320. The first kappa shape index (κ1) is 16.2. The van der Waals surface area contributed by atoms with Crippen molar-refractivity contribution in [3.05, 3.63) is 54.2 Å². The molecule has 0 spiro atoms. The Hall–Kier alpha value is -3.29. The number of carbonyl (C=O) groups excluding carboxylic acids is 1. The summed E-state index contributed by atoms with van der Waals surface area (Å²) in [5, 5.41) is 0.691. The molecule has 0 unspecified atom stereocenters. The Bertz CT molecular complexity index is 971. The quantitative estimate of drug-likeness (QED) is 0.770. The predicted molar refractivity (Wildman–Crippen MR) is 96.7 cm³/mol. The zero-order valence-corrected chi connectivity index (χ0v) is 14.0. The van der Waals surface area contributed by atoms with E-state index in [1.165, 1.54) is 12.4 Å². The van der Waals surface area contributed by atoms with E-state index in [-0.39, 0.29) is 5.82 Å². The molecule has 1 aliphatic heterocycles. The van der Waals surface area contributed by atoms with E-state index in [4.69, 9.17) is 5.73 Å². The van der Waals surface area contributed by atoms with Gasteiger partial charge in [-0.3, -0.25) is 4.79 Å². The SMILES string of the molecule is NC(=O)c1cccnc1N1CCN(c2ncnc3c(F)cccc23)CC1. The molecule has 0 radical (unpaired) electrons. The number of primary amides is 1. The van der Waals surface area contributed by atoms with Crippen LogP contribution >= 0.6 is 0 Å². The smallest absolute Gasteiger partial charge is 0.252 e. The van der Waals surface area contributed by atoms with Crippen LogP contribution in [0.2, 0.25) is 0 Å². The monoisotopic (exact) mass is 352 g/mol. The average Bonchev–Trinajstić information content (AvgIpc) is 2.68. The van der Waals surface area contributed by atoms with Crippen LogP contribution in [0.25, 0.3) is 10.9 Å². The molecule has 0 atom stereocenters. The zero-order valence-electron chi connectivity index (χ0n) is 14.0. The number of halogens is 1. The van der Waals surface area contributed by atoms with E-state index in [1.54, 1.807) is 24.4 Å². The van der Waals surface area contributed by atoms with Crippen molar-refractivity contribution in [2.24, 2.45) is 5.73 Å². The third-order valence-electron chi connectivity index (χ3n) is 4.53. The second-order valence-electron chi connectivity index (χ2n) is 6.05. The first-order chi connectivity index (χ1) is 12.6. The van der Waals surface area contributed by atoms with Crippen molar-refractivity contribution in [1.82, 2.24) is 15.0 Å². The van der Waals surface area contributed by atoms with E-state index in [1.807, 2.05) is 11.0 Å². The van der Waals surface area contributed by atoms with Crippen LogP contribution in [0.3, 0.4) is 0 Å². The van der Waals surface area contributed by atoms with Crippen LogP contribution in [0.4, 0.5) is 16.0 Å². The molecule has 1 aromatic carbocycles. The summed E-state index contributed by atoms with van der Waals surface area (Å²) < 4.78 is 14.0. The third-order valence-corrected chi connectivity index (χ3v) is 4.53. The van der Waals surface area contributed by atoms with Crippen LogP contribution < -0.4 is 15.5 Å². The molecule has 0 saturated carbocycles. The van der Waals surface area contributed by atoms with Crippen molar-refractivity contribution in [1.29, 1.82) is 0 Å². The Labute approximate surface area is 149 Å². The van der Waals surface area contributed by atoms with E-state index in [9.17, 15) is 9.18 Å². The van der Waals surface area contributed by atoms with Gasteiger partial charge in [0.05, 0.1) is 5.56 Å². The van der Waals surface area contributed by atoms with E-state index in [0.29, 0.717) is 54.3 Å². The number of aromatic nitrogens is 3. The number of anilines is 2. The van der Waals surface area contributed by atoms with Crippen LogP contribution in [0.15, 0.2) is 42.9 Å². The maximum Gasteiger partial charge on any atom is 0.252 e. The number of fused-ring (bicyclic) bond motifs is 1. The maximum absolute atomic E-state index is 14.0. The van der Waals surface area contributed by atoms with Gasteiger partial charge in [-0.25, -0.2) is 19.3 Å². The number of nitrogens with zero attached hydrogens (tertiary/aromatic N) is 5.